The molecule has 3 heterocycles. The number of nitrogens with zero attached hydrogens (tertiary/aromatic N) is 1. The largest absolute Gasteiger partial charge is 0.493 e. The third kappa shape index (κ3) is 9.33. The number of nitrogens with one attached hydrogen (secondary N) is 3. The van der Waals surface area contributed by atoms with E-state index in [1.807, 2.05) is 18.2 Å². The van der Waals surface area contributed by atoms with Crippen LogP contribution in [0.4, 0.5) is 0 Å². The Morgan fingerprint density at radius 1 is 1.09 bits per heavy atom. The summed E-state index contributed by atoms with van der Waals surface area (Å²) in [6.45, 7) is 9.57. The maximum atomic E-state index is 12.6. The van der Waals surface area contributed by atoms with Crippen molar-refractivity contribution < 1.29 is 19.1 Å². The van der Waals surface area contributed by atoms with Gasteiger partial charge in [0, 0.05) is 32.5 Å². The van der Waals surface area contributed by atoms with Crippen molar-refractivity contribution in [2.75, 3.05) is 46.4 Å². The molecule has 3 aliphatic rings. The van der Waals surface area contributed by atoms with Crippen LogP contribution in [0.1, 0.15) is 57.9 Å². The number of carbonyl (C=O) groups is 2. The van der Waals surface area contributed by atoms with Crippen LogP contribution in [-0.4, -0.2) is 75.2 Å². The third-order valence-electron chi connectivity index (χ3n) is 6.77. The summed E-state index contributed by atoms with van der Waals surface area (Å²) in [5.41, 5.74) is 1.04. The molecule has 0 radical (unpaired) electrons. The standard InChI is InChI=1S/C27H44N4O4/c1-20(2)11-16-31-14-5-4-12-29-27(33)23-18-22(19-30-23)35-24-9-7-21(17-25(24)34-3)8-10-26(32)28-13-6-15-31/h7,9,17,20,22-23,30H,4-6,8,10-16,18-19H2,1-3H3,(H,28,32)(H,29,33)/t22-,23-/m0/s1. The number of carbonyl (C=O) groups excluding carboxylic acids is 2. The summed E-state index contributed by atoms with van der Waals surface area (Å²) in [6.07, 6.45) is 5.74. The monoisotopic (exact) mass is 488 g/mol. The Hall–Kier alpha value is -2.32. The Kier molecular flexibility index (Phi) is 11.1. The van der Waals surface area contributed by atoms with Gasteiger partial charge in [-0.25, -0.2) is 0 Å². The van der Waals surface area contributed by atoms with Crippen LogP contribution < -0.4 is 25.4 Å². The molecule has 196 valence electrons. The van der Waals surface area contributed by atoms with Crippen molar-refractivity contribution in [3.63, 3.8) is 0 Å². The molecule has 1 saturated heterocycles. The highest BCUT2D eigenvalue weighted by atomic mass is 16.5. The minimum absolute atomic E-state index is 0.0490. The lowest BCUT2D eigenvalue weighted by molar-refractivity contribution is -0.123. The predicted octanol–water partition coefficient (Wildman–Crippen LogP) is 2.50. The van der Waals surface area contributed by atoms with Gasteiger partial charge in [0.05, 0.1) is 13.2 Å². The minimum atomic E-state index is -0.232. The zero-order chi connectivity index (χ0) is 25.0. The highest BCUT2D eigenvalue weighted by Gasteiger charge is 2.31. The van der Waals surface area contributed by atoms with Gasteiger partial charge in [0.25, 0.3) is 0 Å². The molecule has 2 atom stereocenters. The molecule has 3 aliphatic heterocycles. The first-order valence-electron chi connectivity index (χ1n) is 13.3. The van der Waals surface area contributed by atoms with Gasteiger partial charge in [0.2, 0.25) is 11.8 Å². The number of hydrogen-bond donors (Lipinski definition) is 3. The highest BCUT2D eigenvalue weighted by Crippen LogP contribution is 2.30. The molecule has 0 aromatic heterocycles. The first kappa shape index (κ1) is 27.3. The average Bonchev–Trinajstić information content (AvgIpc) is 3.31. The number of amides is 2. The van der Waals surface area contributed by atoms with Gasteiger partial charge in [-0.1, -0.05) is 19.9 Å². The molecule has 0 aliphatic carbocycles. The zero-order valence-corrected chi connectivity index (χ0v) is 21.7. The van der Waals surface area contributed by atoms with Crippen molar-refractivity contribution in [2.24, 2.45) is 5.92 Å². The molecule has 2 amide bonds. The Morgan fingerprint density at radius 2 is 1.89 bits per heavy atom. The first-order chi connectivity index (χ1) is 16.9. The molecule has 3 N–H and O–H groups in total. The number of aryl methyl sites for hydroxylation is 1. The number of hydrogen-bond acceptors (Lipinski definition) is 6. The molecular weight excluding hydrogens is 444 g/mol. The lowest BCUT2D eigenvalue weighted by Crippen LogP contribution is -2.40. The minimum Gasteiger partial charge on any atom is -0.493 e. The molecule has 1 aromatic carbocycles. The molecule has 1 fully saturated rings. The normalized spacial score (nSPS) is 23.7. The summed E-state index contributed by atoms with van der Waals surface area (Å²) in [6, 6.07) is 5.59. The lowest BCUT2D eigenvalue weighted by atomic mass is 10.1. The molecule has 0 saturated carbocycles. The molecule has 0 unspecified atom stereocenters. The van der Waals surface area contributed by atoms with Gasteiger partial charge in [-0.2, -0.15) is 0 Å². The molecule has 35 heavy (non-hydrogen) atoms. The Balaban J connectivity index is 1.63. The van der Waals surface area contributed by atoms with Crippen molar-refractivity contribution in [3.05, 3.63) is 23.8 Å². The van der Waals surface area contributed by atoms with Crippen molar-refractivity contribution in [1.82, 2.24) is 20.9 Å². The van der Waals surface area contributed by atoms with Crippen LogP contribution >= 0.6 is 0 Å². The summed E-state index contributed by atoms with van der Waals surface area (Å²) in [5.74, 6) is 2.12. The van der Waals surface area contributed by atoms with E-state index in [1.54, 1.807) is 7.11 Å². The van der Waals surface area contributed by atoms with Crippen LogP contribution in [0.25, 0.3) is 0 Å². The van der Waals surface area contributed by atoms with Crippen molar-refractivity contribution in [1.29, 1.82) is 0 Å². The summed E-state index contributed by atoms with van der Waals surface area (Å²) in [7, 11) is 1.62. The lowest BCUT2D eigenvalue weighted by Gasteiger charge is -2.23. The second-order valence-electron chi connectivity index (χ2n) is 10.1. The van der Waals surface area contributed by atoms with Crippen molar-refractivity contribution >= 4 is 11.8 Å². The maximum absolute atomic E-state index is 12.6. The fraction of sp³-hybridized carbons (Fsp3) is 0.704. The van der Waals surface area contributed by atoms with Gasteiger partial charge in [-0.15, -0.1) is 0 Å². The fourth-order valence-electron chi connectivity index (χ4n) is 4.59. The third-order valence-corrected chi connectivity index (χ3v) is 6.77. The fourth-order valence-corrected chi connectivity index (χ4v) is 4.59. The summed E-state index contributed by atoms with van der Waals surface area (Å²) in [4.78, 5) is 27.5. The Bertz CT molecular complexity index is 816. The number of rotatable bonds is 4. The molecular formula is C27H44N4O4. The number of fused-ring (bicyclic) bond motifs is 15. The summed E-state index contributed by atoms with van der Waals surface area (Å²) < 4.78 is 11.7. The number of benzene rings is 1. The second kappa shape index (κ2) is 14.3. The number of ether oxygens (including phenoxy) is 2. The Labute approximate surface area is 210 Å². The molecule has 4 rings (SSSR count). The molecule has 8 nitrogen and oxygen atoms in total. The average molecular weight is 489 g/mol. The van der Waals surface area contributed by atoms with Crippen LogP contribution in [0, 0.1) is 5.92 Å². The predicted molar refractivity (Wildman–Crippen MR) is 138 cm³/mol. The van der Waals surface area contributed by atoms with Crippen molar-refractivity contribution in [2.45, 2.75) is 70.9 Å². The summed E-state index contributed by atoms with van der Waals surface area (Å²) in [5, 5.41) is 9.45. The summed E-state index contributed by atoms with van der Waals surface area (Å²) >= 11 is 0. The highest BCUT2D eigenvalue weighted by molar-refractivity contribution is 5.82. The smallest absolute Gasteiger partial charge is 0.237 e. The van der Waals surface area contributed by atoms with Gasteiger partial charge in [0.1, 0.15) is 6.10 Å². The maximum Gasteiger partial charge on any atom is 0.237 e. The van der Waals surface area contributed by atoms with Crippen LogP contribution in [0.5, 0.6) is 11.5 Å². The zero-order valence-electron chi connectivity index (χ0n) is 21.7. The van der Waals surface area contributed by atoms with Crippen molar-refractivity contribution in [3.8, 4) is 11.5 Å². The van der Waals surface area contributed by atoms with Crippen LogP contribution in [0.15, 0.2) is 18.2 Å². The molecule has 0 spiro atoms. The van der Waals surface area contributed by atoms with E-state index in [0.717, 1.165) is 44.5 Å². The SMILES string of the molecule is COc1cc2ccc1O[C@@H]1CN[C@@H](C1)C(=O)NCCCCN(CCC(C)C)CCCNC(=O)CC2. The van der Waals surface area contributed by atoms with Crippen LogP contribution in [0.2, 0.25) is 0 Å². The van der Waals surface area contributed by atoms with Gasteiger partial charge in [-0.3, -0.25) is 9.59 Å². The Morgan fingerprint density at radius 3 is 2.69 bits per heavy atom. The van der Waals surface area contributed by atoms with Gasteiger partial charge >= 0.3 is 0 Å². The second-order valence-corrected chi connectivity index (χ2v) is 10.1. The van der Waals surface area contributed by atoms with E-state index in [-0.39, 0.29) is 24.0 Å². The van der Waals surface area contributed by atoms with Crippen LogP contribution in [0.3, 0.4) is 0 Å². The van der Waals surface area contributed by atoms with Gasteiger partial charge in [0.15, 0.2) is 11.5 Å². The van der Waals surface area contributed by atoms with Crippen LogP contribution in [-0.2, 0) is 16.0 Å². The van der Waals surface area contributed by atoms with E-state index in [0.29, 0.717) is 56.3 Å². The van der Waals surface area contributed by atoms with E-state index in [2.05, 4.69) is 34.7 Å². The molecule has 1 aromatic rings. The number of methoxy groups -OCH3 is 1. The van der Waals surface area contributed by atoms with E-state index >= 15 is 0 Å². The van der Waals surface area contributed by atoms with Gasteiger partial charge < -0.3 is 30.3 Å². The molecule has 8 heteroatoms. The van der Waals surface area contributed by atoms with Gasteiger partial charge in [-0.05, 0) is 75.4 Å². The molecule has 4 bridgehead atoms. The van der Waals surface area contributed by atoms with E-state index < -0.39 is 0 Å². The quantitative estimate of drug-likeness (QED) is 0.603. The topological polar surface area (TPSA) is 91.9 Å². The van der Waals surface area contributed by atoms with E-state index in [9.17, 15) is 9.59 Å². The van der Waals surface area contributed by atoms with E-state index in [4.69, 9.17) is 9.47 Å². The first-order valence-corrected chi connectivity index (χ1v) is 13.3. The van der Waals surface area contributed by atoms with E-state index in [1.165, 1.54) is 6.42 Å².